The van der Waals surface area contributed by atoms with Crippen molar-refractivity contribution in [2.24, 2.45) is 0 Å². The van der Waals surface area contributed by atoms with Crippen molar-refractivity contribution in [3.63, 3.8) is 0 Å². The highest BCUT2D eigenvalue weighted by molar-refractivity contribution is 7.24. The van der Waals surface area contributed by atoms with Crippen LogP contribution < -0.4 is 27.2 Å². The maximum atomic E-state index is 8.49. The van der Waals surface area contributed by atoms with E-state index in [1.807, 2.05) is 22.7 Å². The molecule has 0 aliphatic rings. The highest BCUT2D eigenvalue weighted by Crippen LogP contribution is 1.98. The molecule has 8 heteroatoms. The lowest BCUT2D eigenvalue weighted by molar-refractivity contribution is -2.00. The fraction of sp³-hybridized carbons (Fsp3) is 0.667. The monoisotopic (exact) mass is 301 g/mol. The summed E-state index contributed by atoms with van der Waals surface area (Å²) in [5, 5.41) is 4.30. The van der Waals surface area contributed by atoms with Gasteiger partial charge in [-0.15, -0.1) is 10.2 Å². The predicted molar refractivity (Wildman–Crippen MR) is 57.7 cm³/mol. The van der Waals surface area contributed by atoms with Gasteiger partial charge in [-0.1, -0.05) is 22.7 Å². The fourth-order valence-electron chi connectivity index (χ4n) is 1.34. The second kappa shape index (κ2) is 7.42. The zero-order valence-electron chi connectivity index (χ0n) is 10.1. The van der Waals surface area contributed by atoms with Gasteiger partial charge < -0.3 is 0 Å². The number of hydrogen-bond donors (Lipinski definition) is 0. The van der Waals surface area contributed by atoms with Gasteiger partial charge in [-0.05, 0) is 27.7 Å². The van der Waals surface area contributed by atoms with Gasteiger partial charge in [-0.2, -0.15) is 0 Å². The van der Waals surface area contributed by atoms with Crippen molar-refractivity contribution in [3.05, 3.63) is 14.7 Å². The molecule has 0 radical (unpaired) electrons. The van der Waals surface area contributed by atoms with E-state index in [0.717, 1.165) is 0 Å². The molecule has 1 rings (SSSR count). The molecule has 0 unspecified atom stereocenters. The third-order valence-electron chi connectivity index (χ3n) is 1.72. The molecule has 0 fully saturated rings. The number of nitrogens with zero attached hydrogens (tertiary/aromatic N) is 1. The van der Waals surface area contributed by atoms with Gasteiger partial charge in [0.05, 0.1) is 0 Å². The Hall–Kier alpha value is -0.0200. The molecule has 1 heterocycles. The second-order valence-electron chi connectivity index (χ2n) is 3.75. The van der Waals surface area contributed by atoms with Crippen LogP contribution in [0.5, 0.6) is 0 Å². The van der Waals surface area contributed by atoms with E-state index < -0.39 is 10.2 Å². The quantitative estimate of drug-likeness (QED) is 0.571. The van der Waals surface area contributed by atoms with Crippen molar-refractivity contribution >= 4 is 22.7 Å². The van der Waals surface area contributed by atoms with Crippen LogP contribution in [-0.4, -0.2) is 12.1 Å². The SMILES string of the molecule is CC(C)[N+](=c1sccs1)C(C)C.[O-][Cl+3]([O-])([O-])[O-]. The van der Waals surface area contributed by atoms with E-state index >= 15 is 0 Å². The Balaban J connectivity index is 0.000000437. The number of rotatable bonds is 2. The van der Waals surface area contributed by atoms with E-state index in [2.05, 4.69) is 43.0 Å². The largest absolute Gasteiger partial charge is 0.314 e. The Kier molecular flexibility index (Phi) is 7.41. The van der Waals surface area contributed by atoms with E-state index in [-0.39, 0.29) is 0 Å². The van der Waals surface area contributed by atoms with Crippen LogP contribution in [0, 0.1) is 10.2 Å². The molecule has 1 aromatic rings. The van der Waals surface area contributed by atoms with Crippen molar-refractivity contribution in [2.45, 2.75) is 39.8 Å². The van der Waals surface area contributed by atoms with E-state index in [9.17, 15) is 0 Å². The molecule has 0 saturated carbocycles. The van der Waals surface area contributed by atoms with Crippen molar-refractivity contribution in [2.75, 3.05) is 0 Å². The lowest BCUT2D eigenvalue weighted by Crippen LogP contribution is -2.68. The molecular weight excluding hydrogens is 286 g/mol. The summed E-state index contributed by atoms with van der Waals surface area (Å²) in [4.78, 5) is 0. The maximum absolute atomic E-state index is 8.49. The summed E-state index contributed by atoms with van der Waals surface area (Å²) in [6.45, 7) is 8.97. The fourth-order valence-corrected chi connectivity index (χ4v) is 3.66. The first kappa shape index (κ1) is 17.0. The Morgan fingerprint density at radius 2 is 1.24 bits per heavy atom. The highest BCUT2D eigenvalue weighted by atomic mass is 35.7. The van der Waals surface area contributed by atoms with Gasteiger partial charge in [0.25, 0.3) is 0 Å². The van der Waals surface area contributed by atoms with Gasteiger partial charge in [-0.3, -0.25) is 0 Å². The van der Waals surface area contributed by atoms with E-state index in [1.54, 1.807) is 0 Å². The van der Waals surface area contributed by atoms with Gasteiger partial charge >= 0.3 is 3.98 Å². The first-order valence-corrected chi connectivity index (χ1v) is 7.87. The molecule has 1 aromatic heterocycles. The first-order valence-electron chi connectivity index (χ1n) is 4.88. The molecule has 100 valence electrons. The van der Waals surface area contributed by atoms with E-state index in [1.165, 1.54) is 3.98 Å². The molecule has 0 aliphatic carbocycles. The zero-order chi connectivity index (χ0) is 13.6. The van der Waals surface area contributed by atoms with Gasteiger partial charge in [0.1, 0.15) is 12.1 Å². The predicted octanol–water partition coefficient (Wildman–Crippen LogP) is -2.36. The Labute approximate surface area is 111 Å². The van der Waals surface area contributed by atoms with Gasteiger partial charge in [0.15, 0.2) is 0 Å². The molecule has 17 heavy (non-hydrogen) atoms. The van der Waals surface area contributed by atoms with E-state index in [0.29, 0.717) is 12.1 Å². The molecular formula is C9H16ClNO4S2. The average Bonchev–Trinajstić information content (AvgIpc) is 2.51. The van der Waals surface area contributed by atoms with E-state index in [4.69, 9.17) is 18.6 Å². The van der Waals surface area contributed by atoms with Crippen LogP contribution in [0.1, 0.15) is 27.7 Å². The van der Waals surface area contributed by atoms with Crippen LogP contribution >= 0.6 is 22.7 Å². The normalized spacial score (nSPS) is 11.4. The van der Waals surface area contributed by atoms with Crippen LogP contribution in [0.2, 0.25) is 0 Å². The Morgan fingerprint density at radius 1 is 0.941 bits per heavy atom. The lowest BCUT2D eigenvalue weighted by Gasteiger charge is -2.17. The molecule has 0 aliphatic heterocycles. The van der Waals surface area contributed by atoms with Crippen LogP contribution in [0.25, 0.3) is 0 Å². The summed E-state index contributed by atoms with van der Waals surface area (Å²) in [6, 6.07) is 1.19. The minimum atomic E-state index is -4.94. The molecule has 0 aromatic carbocycles. The molecule has 0 N–H and O–H groups in total. The topological polar surface area (TPSA) is 95.2 Å². The molecule has 0 saturated heterocycles. The summed E-state index contributed by atoms with van der Waals surface area (Å²) in [5.41, 5.74) is 0. The molecule has 0 spiro atoms. The van der Waals surface area contributed by atoms with Gasteiger partial charge in [0, 0.05) is 10.8 Å². The lowest BCUT2D eigenvalue weighted by atomic mass is 10.3. The van der Waals surface area contributed by atoms with Crippen molar-refractivity contribution in [1.29, 1.82) is 0 Å². The van der Waals surface area contributed by atoms with Crippen LogP contribution in [0.4, 0.5) is 0 Å². The third kappa shape index (κ3) is 8.67. The zero-order valence-corrected chi connectivity index (χ0v) is 12.5. The molecule has 0 amide bonds. The third-order valence-corrected chi connectivity index (χ3v) is 3.84. The molecule has 0 atom stereocenters. The van der Waals surface area contributed by atoms with Crippen LogP contribution in [0.15, 0.2) is 10.8 Å². The number of halogens is 1. The molecule has 0 bridgehead atoms. The summed E-state index contributed by atoms with van der Waals surface area (Å²) >= 11 is 3.66. The highest BCUT2D eigenvalue weighted by Gasteiger charge is 2.15. The minimum absolute atomic E-state index is 0.597. The summed E-state index contributed by atoms with van der Waals surface area (Å²) in [6.07, 6.45) is 0. The Morgan fingerprint density at radius 3 is 1.47 bits per heavy atom. The summed E-state index contributed by atoms with van der Waals surface area (Å²) in [7, 11) is -4.94. The van der Waals surface area contributed by atoms with Gasteiger partial charge in [0.2, 0.25) is 0 Å². The van der Waals surface area contributed by atoms with Crippen molar-refractivity contribution in [3.8, 4) is 0 Å². The minimum Gasteiger partial charge on any atom is -0.222 e. The summed E-state index contributed by atoms with van der Waals surface area (Å²) < 4.78 is 37.8. The van der Waals surface area contributed by atoms with Crippen LogP contribution in [0.3, 0.4) is 0 Å². The smallest absolute Gasteiger partial charge is 0.222 e. The van der Waals surface area contributed by atoms with Crippen LogP contribution in [-0.2, 0) is 0 Å². The number of hydrogen-bond acceptors (Lipinski definition) is 6. The maximum Gasteiger partial charge on any atom is 0.314 e. The first-order chi connectivity index (χ1) is 7.63. The molecule has 5 nitrogen and oxygen atoms in total. The summed E-state index contributed by atoms with van der Waals surface area (Å²) in [5.74, 6) is 0. The van der Waals surface area contributed by atoms with Gasteiger partial charge in [-0.25, -0.2) is 23.2 Å². The Bertz CT molecular complexity index is 348. The standard InChI is InChI=1S/C9H16NS2.ClHO4/c1-7(2)10(8(3)4)9-11-5-6-12-9;2-1(3,4)5/h5-8H,1-4H3;(H,2,3,4,5)/q+1;/p-1. The second-order valence-corrected chi connectivity index (χ2v) is 6.55. The van der Waals surface area contributed by atoms with Crippen molar-refractivity contribution < 1.29 is 28.9 Å². The average molecular weight is 302 g/mol. The van der Waals surface area contributed by atoms with Crippen molar-refractivity contribution in [1.82, 2.24) is 4.58 Å².